The van der Waals surface area contributed by atoms with Gasteiger partial charge in [0, 0.05) is 17.3 Å². The van der Waals surface area contributed by atoms with E-state index in [4.69, 9.17) is 27.4 Å². The van der Waals surface area contributed by atoms with Crippen LogP contribution in [-0.2, 0) is 32.3 Å². The van der Waals surface area contributed by atoms with Crippen LogP contribution in [0, 0.1) is 0 Å². The Morgan fingerprint density at radius 1 is 1.00 bits per heavy atom. The van der Waals surface area contributed by atoms with E-state index in [0.29, 0.717) is 0 Å². The first-order valence-corrected chi connectivity index (χ1v) is 2.93. The zero-order valence-electron chi connectivity index (χ0n) is 7.20. The van der Waals surface area contributed by atoms with E-state index >= 15 is 0 Å². The summed E-state index contributed by atoms with van der Waals surface area (Å²) in [4.78, 5) is 9.00. The Labute approximate surface area is 95.7 Å². The van der Waals surface area contributed by atoms with Crippen LogP contribution in [0.2, 0.25) is 0 Å². The van der Waals surface area contributed by atoms with Gasteiger partial charge in [-0.25, -0.2) is 0 Å². The van der Waals surface area contributed by atoms with Crippen molar-refractivity contribution in [3.8, 4) is 0 Å². The molecule has 0 aromatic carbocycles. The normalized spacial score (nSPS) is 5.53. The summed E-state index contributed by atoms with van der Waals surface area (Å²) in [6.07, 6.45) is 0. The molecule has 0 amide bonds. The van der Waals surface area contributed by atoms with Gasteiger partial charge in [-0.3, -0.25) is 13.2 Å². The van der Waals surface area contributed by atoms with Crippen LogP contribution >= 0.6 is 0 Å². The van der Waals surface area contributed by atoms with Crippen LogP contribution in [0.4, 0.5) is 0 Å². The molecule has 105 valence electrons. The van der Waals surface area contributed by atoms with Gasteiger partial charge in [0.05, 0.1) is 0 Å². The third-order valence-corrected chi connectivity index (χ3v) is 0. The minimum atomic E-state index is -5.17. The number of carboxylic acids is 1. The van der Waals surface area contributed by atoms with Crippen LogP contribution in [0.1, 0.15) is 6.92 Å². The van der Waals surface area contributed by atoms with Crippen LogP contribution in [0.3, 0.4) is 0 Å². The molecule has 0 rings (SSSR count). The van der Waals surface area contributed by atoms with Crippen molar-refractivity contribution in [3.05, 3.63) is 0 Å². The third kappa shape index (κ3) is 16000. The Morgan fingerprint density at radius 3 is 1.00 bits per heavy atom. The Morgan fingerprint density at radius 2 is 1.00 bits per heavy atom. The molecule has 0 aromatic heterocycles. The van der Waals surface area contributed by atoms with E-state index in [0.717, 1.165) is 6.92 Å². The molecule has 0 saturated carbocycles. The van der Waals surface area contributed by atoms with Crippen LogP contribution < -0.4 is 0 Å². The van der Waals surface area contributed by atoms with E-state index in [1.54, 1.807) is 0 Å². The summed E-state index contributed by atoms with van der Waals surface area (Å²) in [5, 5.41) is 7.42. The van der Waals surface area contributed by atoms with E-state index in [-0.39, 0.29) is 44.4 Å². The number of carboxylic acid groups (broad SMARTS) is 1. The molecule has 11 nitrogen and oxygen atoms in total. The summed E-state index contributed by atoms with van der Waals surface area (Å²) in [6, 6.07) is 0. The van der Waals surface area contributed by atoms with Crippen molar-refractivity contribution in [2.24, 2.45) is 0 Å². The number of hydrogen-bond acceptors (Lipinski definition) is 5. The van der Waals surface area contributed by atoms with Crippen molar-refractivity contribution in [3.63, 3.8) is 0 Å². The van der Waals surface area contributed by atoms with Gasteiger partial charge in [0.2, 0.25) is 0 Å². The van der Waals surface area contributed by atoms with E-state index in [2.05, 4.69) is 0 Å². The maximum Gasteiger partial charge on any atom is 2.00 e. The first-order valence-electron chi connectivity index (χ1n) is 1.59. The quantitative estimate of drug-likeness (QED) is 0.258. The van der Waals surface area contributed by atoms with E-state index in [9.17, 15) is 0 Å². The minimum Gasteiger partial charge on any atom is -0.759 e. The number of rotatable bonds is 0. The van der Waals surface area contributed by atoms with Gasteiger partial charge in [0.25, 0.3) is 5.97 Å². The van der Waals surface area contributed by atoms with Crippen LogP contribution in [-0.4, -0.2) is 56.0 Å². The van der Waals surface area contributed by atoms with Gasteiger partial charge in [0.1, 0.15) is 0 Å². The van der Waals surface area contributed by atoms with Crippen molar-refractivity contribution in [2.45, 2.75) is 6.92 Å². The van der Waals surface area contributed by atoms with E-state index in [1.807, 2.05) is 0 Å². The van der Waals surface area contributed by atoms with Crippen molar-refractivity contribution in [2.75, 3.05) is 0 Å². The number of hydrogen-bond donors (Lipinski definition) is 1. The SMILES string of the molecule is CC(=O)O.O.O.O.O.O.O=S(=O)([O-])[O-].[Cu+2]. The Bertz CT molecular complexity index is 161. The summed E-state index contributed by atoms with van der Waals surface area (Å²) in [6.45, 7) is 1.08. The average molecular weight is 310 g/mol. The minimum absolute atomic E-state index is 0. The van der Waals surface area contributed by atoms with Crippen molar-refractivity contribution in [1.82, 2.24) is 0 Å². The van der Waals surface area contributed by atoms with Gasteiger partial charge >= 0.3 is 17.1 Å². The van der Waals surface area contributed by atoms with Crippen LogP contribution in [0.5, 0.6) is 0 Å². The molecule has 0 aliphatic heterocycles. The molecule has 0 bridgehead atoms. The van der Waals surface area contributed by atoms with Gasteiger partial charge in [-0.15, -0.1) is 0 Å². The fraction of sp³-hybridized carbons (Fsp3) is 0.500. The molecule has 0 unspecified atom stereocenters. The molecule has 0 spiro atoms. The molecular formula is C2H14CuO11S. The van der Waals surface area contributed by atoms with Crippen molar-refractivity contribution < 1.29 is 71.9 Å². The van der Waals surface area contributed by atoms with Crippen molar-refractivity contribution in [1.29, 1.82) is 0 Å². The second-order valence-electron chi connectivity index (χ2n) is 0.927. The Hall–Kier alpha value is -0.341. The first kappa shape index (κ1) is 61.7. The maximum absolute atomic E-state index is 9.00. The number of carbonyl (C=O) groups is 1. The van der Waals surface area contributed by atoms with Gasteiger partial charge in [-0.05, 0) is 0 Å². The summed E-state index contributed by atoms with van der Waals surface area (Å²) < 4.78 is 34.1. The standard InChI is InChI=1S/C2H4O2.Cu.H2O4S.5H2O/c1-2(3)4;;1-5(2,3)4;;;;;/h1H3,(H,3,4);;(H2,1,2,3,4);5*1H2/q;+2;;;;;;/p-2. The molecular weight excluding hydrogens is 296 g/mol. The summed E-state index contributed by atoms with van der Waals surface area (Å²) in [5.41, 5.74) is 0. The zero-order chi connectivity index (χ0) is 8.08. The summed E-state index contributed by atoms with van der Waals surface area (Å²) >= 11 is 0. The van der Waals surface area contributed by atoms with Crippen LogP contribution in [0.15, 0.2) is 0 Å². The molecule has 0 atom stereocenters. The van der Waals surface area contributed by atoms with Gasteiger partial charge < -0.3 is 41.6 Å². The molecule has 0 aromatic rings. The fourth-order valence-electron chi connectivity index (χ4n) is 0. The number of aliphatic carboxylic acids is 1. The van der Waals surface area contributed by atoms with Gasteiger partial charge in [-0.2, -0.15) is 0 Å². The van der Waals surface area contributed by atoms with Gasteiger partial charge in [0.15, 0.2) is 0 Å². The topological polar surface area (TPSA) is 275 Å². The smallest absolute Gasteiger partial charge is 0.759 e. The molecule has 1 radical (unpaired) electrons. The van der Waals surface area contributed by atoms with Crippen molar-refractivity contribution >= 4 is 16.4 Å². The Balaban J connectivity index is -0.00000000785. The molecule has 0 aliphatic carbocycles. The summed E-state index contributed by atoms with van der Waals surface area (Å²) in [5.74, 6) is -0.833. The largest absolute Gasteiger partial charge is 2.00 e. The van der Waals surface area contributed by atoms with E-state index in [1.165, 1.54) is 0 Å². The molecule has 0 aliphatic rings. The predicted octanol–water partition coefficient (Wildman–Crippen LogP) is -5.37. The summed E-state index contributed by atoms with van der Waals surface area (Å²) in [7, 11) is -5.17. The molecule has 11 N–H and O–H groups in total. The average Bonchev–Trinajstić information content (AvgIpc) is 1.19. The Kier molecular flexibility index (Phi) is 120. The third-order valence-electron chi connectivity index (χ3n) is 0. The zero-order valence-corrected chi connectivity index (χ0v) is 8.96. The van der Waals surface area contributed by atoms with E-state index < -0.39 is 16.4 Å². The predicted molar refractivity (Wildman–Crippen MR) is 41.9 cm³/mol. The van der Waals surface area contributed by atoms with Crippen LogP contribution in [0.25, 0.3) is 0 Å². The molecule has 0 saturated heterocycles. The molecule has 15 heavy (non-hydrogen) atoms. The molecule has 0 fully saturated rings. The molecule has 0 heterocycles. The monoisotopic (exact) mass is 309 g/mol. The second-order valence-corrected chi connectivity index (χ2v) is 1.74. The fourth-order valence-corrected chi connectivity index (χ4v) is 0. The molecule has 13 heteroatoms. The second kappa shape index (κ2) is 29.2. The van der Waals surface area contributed by atoms with Gasteiger partial charge in [-0.1, -0.05) is 0 Å². The first-order chi connectivity index (χ1) is 3.73. The maximum atomic E-state index is 9.00.